The van der Waals surface area contributed by atoms with Crippen molar-refractivity contribution >= 4 is 21.9 Å². The molecule has 0 saturated heterocycles. The summed E-state index contributed by atoms with van der Waals surface area (Å²) in [5.41, 5.74) is 2.01. The topological polar surface area (TPSA) is 80.9 Å². The minimum atomic E-state index is -0.807. The van der Waals surface area contributed by atoms with Gasteiger partial charge in [-0.3, -0.25) is 4.79 Å². The number of hydrogen-bond acceptors (Lipinski definition) is 4. The van der Waals surface area contributed by atoms with Crippen LogP contribution >= 0.6 is 15.9 Å². The lowest BCUT2D eigenvalue weighted by atomic mass is 10.1. The first kappa shape index (κ1) is 14.6. The average Bonchev–Trinajstić information content (AvgIpc) is 2.82. The van der Waals surface area contributed by atoms with E-state index in [9.17, 15) is 4.79 Å². The summed E-state index contributed by atoms with van der Waals surface area (Å²) in [6.07, 6.45) is 0.486. The van der Waals surface area contributed by atoms with Crippen LogP contribution in [0.25, 0.3) is 11.4 Å². The van der Waals surface area contributed by atoms with Crippen molar-refractivity contribution in [3.05, 3.63) is 28.2 Å². The number of carbonyl (C=O) groups is 1. The molecule has 0 bridgehead atoms. The van der Waals surface area contributed by atoms with Gasteiger partial charge in [0.2, 0.25) is 0 Å². The van der Waals surface area contributed by atoms with Crippen LogP contribution < -0.4 is 0 Å². The number of aliphatic carboxylic acids is 1. The zero-order valence-corrected chi connectivity index (χ0v) is 12.8. The fraction of sp³-hybridized carbons (Fsp3) is 0.385. The lowest BCUT2D eigenvalue weighted by Crippen LogP contribution is -2.14. The number of benzene rings is 1. The van der Waals surface area contributed by atoms with Crippen LogP contribution in [0, 0.1) is 12.8 Å². The van der Waals surface area contributed by atoms with Gasteiger partial charge < -0.3 is 5.11 Å². The molecule has 0 saturated carbocycles. The molecule has 20 heavy (non-hydrogen) atoms. The van der Waals surface area contributed by atoms with Gasteiger partial charge in [-0.05, 0) is 47.5 Å². The molecule has 1 unspecified atom stereocenters. The molecule has 7 heteroatoms. The van der Waals surface area contributed by atoms with Gasteiger partial charge in [0.05, 0.1) is 5.92 Å². The molecule has 2 rings (SSSR count). The van der Waals surface area contributed by atoms with Gasteiger partial charge in [0.25, 0.3) is 0 Å². The number of hydrogen-bond donors (Lipinski definition) is 1. The van der Waals surface area contributed by atoms with Gasteiger partial charge in [-0.2, -0.15) is 0 Å². The van der Waals surface area contributed by atoms with Gasteiger partial charge in [0.1, 0.15) is 0 Å². The predicted molar refractivity (Wildman–Crippen MR) is 77.1 cm³/mol. The maximum absolute atomic E-state index is 10.8. The first-order valence-electron chi connectivity index (χ1n) is 6.24. The minimum absolute atomic E-state index is 0.420. The minimum Gasteiger partial charge on any atom is -0.481 e. The fourth-order valence-electron chi connectivity index (χ4n) is 1.87. The van der Waals surface area contributed by atoms with E-state index in [0.29, 0.717) is 18.8 Å². The first-order valence-corrected chi connectivity index (χ1v) is 7.03. The molecule has 0 aliphatic carbocycles. The Morgan fingerprint density at radius 1 is 1.45 bits per heavy atom. The number of halogens is 1. The van der Waals surface area contributed by atoms with Crippen molar-refractivity contribution < 1.29 is 9.90 Å². The van der Waals surface area contributed by atoms with Crippen molar-refractivity contribution in [1.29, 1.82) is 0 Å². The third-order valence-electron chi connectivity index (χ3n) is 3.03. The number of nitrogens with zero attached hydrogens (tertiary/aromatic N) is 4. The molecule has 0 amide bonds. The molecule has 1 atom stereocenters. The van der Waals surface area contributed by atoms with Gasteiger partial charge in [-0.25, -0.2) is 4.68 Å². The van der Waals surface area contributed by atoms with Crippen LogP contribution in [0.2, 0.25) is 0 Å². The third-order valence-corrected chi connectivity index (χ3v) is 3.49. The van der Waals surface area contributed by atoms with Crippen LogP contribution in [0.3, 0.4) is 0 Å². The number of aryl methyl sites for hydroxylation is 2. The lowest BCUT2D eigenvalue weighted by Gasteiger charge is -2.08. The smallest absolute Gasteiger partial charge is 0.306 e. The molecule has 0 aliphatic rings. The second-order valence-corrected chi connectivity index (χ2v) is 5.69. The maximum atomic E-state index is 10.8. The summed E-state index contributed by atoms with van der Waals surface area (Å²) in [7, 11) is 0. The summed E-state index contributed by atoms with van der Waals surface area (Å²) in [4.78, 5) is 10.8. The van der Waals surface area contributed by atoms with Gasteiger partial charge in [0, 0.05) is 16.6 Å². The highest BCUT2D eigenvalue weighted by atomic mass is 79.9. The van der Waals surface area contributed by atoms with E-state index >= 15 is 0 Å². The number of aromatic nitrogens is 4. The Hall–Kier alpha value is -1.76. The molecule has 0 fully saturated rings. The van der Waals surface area contributed by atoms with Crippen molar-refractivity contribution in [2.24, 2.45) is 5.92 Å². The molecular weight excluding hydrogens is 324 g/mol. The van der Waals surface area contributed by atoms with Crippen LogP contribution in [0.4, 0.5) is 0 Å². The highest BCUT2D eigenvalue weighted by molar-refractivity contribution is 9.10. The Kier molecular flexibility index (Phi) is 4.49. The molecule has 6 nitrogen and oxygen atoms in total. The van der Waals surface area contributed by atoms with Crippen molar-refractivity contribution in [2.75, 3.05) is 0 Å². The number of tetrazole rings is 1. The fourth-order valence-corrected chi connectivity index (χ4v) is 2.47. The number of carboxylic acids is 1. The largest absolute Gasteiger partial charge is 0.481 e. The summed E-state index contributed by atoms with van der Waals surface area (Å²) in [5.74, 6) is -0.582. The van der Waals surface area contributed by atoms with Gasteiger partial charge in [-0.1, -0.05) is 22.9 Å². The van der Waals surface area contributed by atoms with E-state index in [-0.39, 0.29) is 0 Å². The van der Waals surface area contributed by atoms with Crippen LogP contribution in [-0.2, 0) is 11.3 Å². The molecule has 0 aliphatic heterocycles. The van der Waals surface area contributed by atoms with Crippen LogP contribution in [-0.4, -0.2) is 31.3 Å². The normalized spacial score (nSPS) is 12.3. The predicted octanol–water partition coefficient (Wildman–Crippen LogP) is 2.52. The molecule has 1 aromatic heterocycles. The molecule has 2 aromatic rings. The second kappa shape index (κ2) is 6.13. The number of carboxylic acid groups (broad SMARTS) is 1. The quantitative estimate of drug-likeness (QED) is 0.905. The van der Waals surface area contributed by atoms with Crippen molar-refractivity contribution in [2.45, 2.75) is 26.8 Å². The number of rotatable bonds is 5. The summed E-state index contributed by atoms with van der Waals surface area (Å²) >= 11 is 3.45. The lowest BCUT2D eigenvalue weighted by molar-refractivity contribution is -0.141. The molecule has 0 spiro atoms. The molecule has 1 N–H and O–H groups in total. The second-order valence-electron chi connectivity index (χ2n) is 4.77. The van der Waals surface area contributed by atoms with Gasteiger partial charge in [-0.15, -0.1) is 5.10 Å². The highest BCUT2D eigenvalue weighted by Gasteiger charge is 2.14. The molecule has 0 radical (unpaired) electrons. The third kappa shape index (κ3) is 3.41. The summed E-state index contributed by atoms with van der Waals surface area (Å²) < 4.78 is 2.60. The van der Waals surface area contributed by atoms with E-state index in [1.165, 1.54) is 0 Å². The molecule has 1 aromatic carbocycles. The van der Waals surface area contributed by atoms with Gasteiger partial charge in [0.15, 0.2) is 5.82 Å². The summed E-state index contributed by atoms with van der Waals surface area (Å²) in [5, 5.41) is 20.5. The molecule has 1 heterocycles. The Balaban J connectivity index is 2.22. The standard InChI is InChI=1S/C13H15BrN4O2/c1-8-5-10(7-11(14)6-8)12-15-16-17-18(12)4-3-9(2)13(19)20/h5-7,9H,3-4H2,1-2H3,(H,19,20). The SMILES string of the molecule is Cc1cc(Br)cc(-c2nnnn2CCC(C)C(=O)O)c1. The van der Waals surface area contributed by atoms with E-state index < -0.39 is 11.9 Å². The first-order chi connectivity index (χ1) is 9.47. The Labute approximate surface area is 124 Å². The maximum Gasteiger partial charge on any atom is 0.306 e. The Morgan fingerprint density at radius 2 is 2.20 bits per heavy atom. The molecular formula is C13H15BrN4O2. The van der Waals surface area contributed by atoms with Gasteiger partial charge >= 0.3 is 5.97 Å². The zero-order chi connectivity index (χ0) is 14.7. The van der Waals surface area contributed by atoms with Crippen LogP contribution in [0.15, 0.2) is 22.7 Å². The Morgan fingerprint density at radius 3 is 2.85 bits per heavy atom. The van der Waals surface area contributed by atoms with Crippen molar-refractivity contribution in [3.63, 3.8) is 0 Å². The van der Waals surface area contributed by atoms with E-state index in [1.807, 2.05) is 25.1 Å². The average molecular weight is 339 g/mol. The summed E-state index contributed by atoms with van der Waals surface area (Å²) in [6, 6.07) is 5.94. The monoisotopic (exact) mass is 338 g/mol. The highest BCUT2D eigenvalue weighted by Crippen LogP contribution is 2.23. The van der Waals surface area contributed by atoms with Crippen LogP contribution in [0.1, 0.15) is 18.9 Å². The van der Waals surface area contributed by atoms with Crippen molar-refractivity contribution in [3.8, 4) is 11.4 Å². The molecule has 106 valence electrons. The van der Waals surface area contributed by atoms with Crippen molar-refractivity contribution in [1.82, 2.24) is 20.2 Å². The van der Waals surface area contributed by atoms with E-state index in [0.717, 1.165) is 15.6 Å². The van der Waals surface area contributed by atoms with Crippen LogP contribution in [0.5, 0.6) is 0 Å². The Bertz CT molecular complexity index is 606. The van der Waals surface area contributed by atoms with E-state index in [4.69, 9.17) is 5.11 Å². The summed E-state index contributed by atoms with van der Waals surface area (Å²) in [6.45, 7) is 4.14. The zero-order valence-electron chi connectivity index (χ0n) is 11.2. The van der Waals surface area contributed by atoms with E-state index in [1.54, 1.807) is 11.6 Å². The van der Waals surface area contributed by atoms with E-state index in [2.05, 4.69) is 31.5 Å².